The molecule has 0 aliphatic heterocycles. The van der Waals surface area contributed by atoms with Gasteiger partial charge in [-0.3, -0.25) is 0 Å². The van der Waals surface area contributed by atoms with Crippen LogP contribution in [0.3, 0.4) is 0 Å². The van der Waals surface area contributed by atoms with Crippen molar-refractivity contribution in [3.05, 3.63) is 63.6 Å². The van der Waals surface area contributed by atoms with Crippen molar-refractivity contribution < 1.29 is 24.5 Å². The lowest BCUT2D eigenvalue weighted by molar-refractivity contribution is 0.178. The molecule has 1 N–H and O–H groups in total. The van der Waals surface area contributed by atoms with E-state index in [9.17, 15) is 24.5 Å². The molecule has 0 bridgehead atoms. The van der Waals surface area contributed by atoms with Crippen molar-refractivity contribution in [3.8, 4) is 0 Å². The van der Waals surface area contributed by atoms with Crippen molar-refractivity contribution in [2.75, 3.05) is 0 Å². The number of halogens is 7. The molecule has 2 rings (SSSR count). The molecule has 0 aliphatic carbocycles. The van der Waals surface area contributed by atoms with Crippen molar-refractivity contribution in [1.29, 1.82) is 0 Å². The summed E-state index contributed by atoms with van der Waals surface area (Å²) >= 11 is 11.8. The lowest BCUT2D eigenvalue weighted by Gasteiger charge is -2.40. The summed E-state index contributed by atoms with van der Waals surface area (Å²) in [5.74, 6) is 0. The van der Waals surface area contributed by atoms with Gasteiger partial charge in [0.05, 0.1) is 6.10 Å². The Kier molecular flexibility index (Phi) is 4.17. The maximum atomic E-state index is 12.6. The smallest absolute Gasteiger partial charge is 0.310 e. The van der Waals surface area contributed by atoms with Crippen LogP contribution >= 0.6 is 33.4 Å². The van der Waals surface area contributed by atoms with Crippen molar-refractivity contribution in [1.82, 2.24) is 0 Å². The number of hydrogen-bond acceptors (Lipinski definition) is 1. The molecular weight excluding hydrogens is 382 g/mol. The third-order valence-electron chi connectivity index (χ3n) is 3.13. The monoisotopic (exact) mass is 392 g/mol. The van der Waals surface area contributed by atoms with E-state index >= 15 is 0 Å². The molecule has 0 radical (unpaired) electrons. The molecule has 128 valence electrons. The summed E-state index contributed by atoms with van der Waals surface area (Å²) in [5, 5.41) is 10.5. The summed E-state index contributed by atoms with van der Waals surface area (Å²) in [4.78, 5) is -1.97. The Bertz CT molecular complexity index is 711. The Morgan fingerprint density at radius 1 is 0.870 bits per heavy atom. The fourth-order valence-corrected chi connectivity index (χ4v) is 3.34. The summed E-state index contributed by atoms with van der Waals surface area (Å²) in [5.41, 5.74) is 0.465. The van der Waals surface area contributed by atoms with Crippen LogP contribution in [-0.4, -0.2) is 5.11 Å². The molecule has 0 aliphatic rings. The molecule has 0 unspecified atom stereocenters. The van der Waals surface area contributed by atoms with Gasteiger partial charge in [0.1, 0.15) is 4.90 Å². The van der Waals surface area contributed by atoms with E-state index in [-0.39, 0.29) is 27.6 Å². The van der Waals surface area contributed by atoms with E-state index in [2.05, 4.69) is 0 Å². The number of aliphatic hydroxyl groups excluding tert-OH is 1. The van der Waals surface area contributed by atoms with E-state index in [0.717, 1.165) is 12.1 Å². The van der Waals surface area contributed by atoms with E-state index in [1.807, 2.05) is 0 Å². The van der Waals surface area contributed by atoms with Gasteiger partial charge < -0.3 is 5.11 Å². The molecule has 2 aromatic carbocycles. The van der Waals surface area contributed by atoms with Gasteiger partial charge >= 0.3 is 10.2 Å². The van der Waals surface area contributed by atoms with E-state index in [0.29, 0.717) is 12.1 Å². The summed E-state index contributed by atoms with van der Waals surface area (Å²) in [6, 6.07) is 6.97. The van der Waals surface area contributed by atoms with E-state index in [1.165, 1.54) is 12.1 Å². The second-order valence-electron chi connectivity index (χ2n) is 4.97. The molecule has 0 saturated carbocycles. The van der Waals surface area contributed by atoms with Crippen molar-refractivity contribution in [2.45, 2.75) is 17.4 Å². The minimum Gasteiger partial charge on any atom is -0.388 e. The molecule has 2 aromatic rings. The third kappa shape index (κ3) is 4.50. The molecule has 9 heteroatoms. The molecule has 23 heavy (non-hydrogen) atoms. The number of hydrogen-bond donors (Lipinski definition) is 1. The van der Waals surface area contributed by atoms with Gasteiger partial charge in [0.25, 0.3) is 0 Å². The van der Waals surface area contributed by atoms with Gasteiger partial charge in [0.2, 0.25) is 0 Å². The van der Waals surface area contributed by atoms with Crippen LogP contribution in [0.2, 0.25) is 10.0 Å². The van der Waals surface area contributed by atoms with Crippen molar-refractivity contribution in [2.24, 2.45) is 0 Å². The SMILES string of the molecule is O[C@@H](Cc1ccc(S(F)(F)(F)(F)F)cc1)c1c(Cl)cccc1Cl. The van der Waals surface area contributed by atoms with Crippen LogP contribution in [0.25, 0.3) is 0 Å². The highest BCUT2D eigenvalue weighted by Gasteiger charge is 2.65. The standard InChI is InChI=1S/C14H11Cl2F5OS/c15-11-2-1-3-12(16)14(11)13(22)8-9-4-6-10(7-5-9)23(17,18,19,20)21/h1-7,13,22H,8H2/t13-/m0/s1. The highest BCUT2D eigenvalue weighted by molar-refractivity contribution is 8.45. The molecule has 1 nitrogen and oxygen atoms in total. The second-order valence-corrected chi connectivity index (χ2v) is 8.19. The zero-order valence-corrected chi connectivity index (χ0v) is 13.7. The lowest BCUT2D eigenvalue weighted by atomic mass is 10.0. The van der Waals surface area contributed by atoms with Crippen molar-refractivity contribution in [3.63, 3.8) is 0 Å². The molecule has 1 atom stereocenters. The first-order chi connectivity index (χ1) is 10.3. The van der Waals surface area contributed by atoms with Crippen LogP contribution < -0.4 is 0 Å². The minimum atomic E-state index is -9.69. The zero-order chi connectivity index (χ0) is 17.5. The Balaban J connectivity index is 2.26. The molecule has 0 fully saturated rings. The van der Waals surface area contributed by atoms with E-state index in [1.54, 1.807) is 6.07 Å². The maximum Gasteiger partial charge on any atom is 0.310 e. The highest BCUT2D eigenvalue weighted by atomic mass is 35.5. The summed E-state index contributed by atoms with van der Waals surface area (Å²) in [7, 11) is -9.69. The topological polar surface area (TPSA) is 20.2 Å². The van der Waals surface area contributed by atoms with Gasteiger partial charge in [0, 0.05) is 22.0 Å². The molecule has 0 amide bonds. The first kappa shape index (κ1) is 18.3. The second kappa shape index (κ2) is 5.24. The fourth-order valence-electron chi connectivity index (χ4n) is 2.04. The van der Waals surface area contributed by atoms with Gasteiger partial charge in [-0.2, -0.15) is 0 Å². The average Bonchev–Trinajstić information content (AvgIpc) is 2.36. The van der Waals surface area contributed by atoms with E-state index in [4.69, 9.17) is 23.2 Å². The number of benzene rings is 2. The average molecular weight is 393 g/mol. The normalized spacial score (nSPS) is 16.5. The summed E-state index contributed by atoms with van der Waals surface area (Å²) in [6.07, 6.45) is -1.30. The van der Waals surface area contributed by atoms with Crippen LogP contribution in [0.5, 0.6) is 0 Å². The van der Waals surface area contributed by atoms with Crippen LogP contribution in [0.4, 0.5) is 19.4 Å². The number of rotatable bonds is 4. The Morgan fingerprint density at radius 3 is 1.78 bits per heavy atom. The van der Waals surface area contributed by atoms with E-state index < -0.39 is 21.2 Å². The Hall–Kier alpha value is -1.02. The first-order valence-electron chi connectivity index (χ1n) is 6.23. The summed E-state index contributed by atoms with van der Waals surface area (Å²) < 4.78 is 63.1. The highest BCUT2D eigenvalue weighted by Crippen LogP contribution is 3.02. The maximum absolute atomic E-state index is 12.6. The predicted molar refractivity (Wildman–Crippen MR) is 83.0 cm³/mol. The third-order valence-corrected chi connectivity index (χ3v) is 4.95. The molecule has 0 heterocycles. The Labute approximate surface area is 139 Å². The van der Waals surface area contributed by atoms with Gasteiger partial charge in [-0.1, -0.05) is 60.8 Å². The van der Waals surface area contributed by atoms with Crippen LogP contribution in [0.1, 0.15) is 17.2 Å². The van der Waals surface area contributed by atoms with Crippen molar-refractivity contribution >= 4 is 33.4 Å². The largest absolute Gasteiger partial charge is 0.388 e. The number of aliphatic hydroxyl groups is 1. The van der Waals surface area contributed by atoms with Crippen LogP contribution in [0.15, 0.2) is 47.4 Å². The van der Waals surface area contributed by atoms with Gasteiger partial charge in [-0.15, -0.1) is 0 Å². The predicted octanol–water partition coefficient (Wildman–Crippen LogP) is 6.93. The Morgan fingerprint density at radius 2 is 1.35 bits per heavy atom. The lowest BCUT2D eigenvalue weighted by Crippen LogP contribution is -2.07. The molecule has 0 saturated heterocycles. The van der Waals surface area contributed by atoms with Gasteiger partial charge in [-0.25, -0.2) is 0 Å². The molecular formula is C14H11Cl2F5OS. The minimum absolute atomic E-state index is 0.121. The summed E-state index contributed by atoms with van der Waals surface area (Å²) in [6.45, 7) is 0. The van der Waals surface area contributed by atoms with Gasteiger partial charge in [-0.05, 0) is 29.8 Å². The van der Waals surface area contributed by atoms with Crippen LogP contribution in [0, 0.1) is 0 Å². The first-order valence-corrected chi connectivity index (χ1v) is 8.93. The zero-order valence-electron chi connectivity index (χ0n) is 11.3. The van der Waals surface area contributed by atoms with Gasteiger partial charge in [0.15, 0.2) is 0 Å². The molecule has 0 spiro atoms. The molecule has 0 aromatic heterocycles. The quantitative estimate of drug-likeness (QED) is 0.559. The fraction of sp³-hybridized carbons (Fsp3) is 0.143. The van der Waals surface area contributed by atoms with Crippen LogP contribution in [-0.2, 0) is 6.42 Å².